The standard InChI is InChI=1S/C20H21N3O3S/c1-13-5-7-15(8-6-13)12-17-14(2)22-20(27-17)23-18(24)9-10-21-19(25)16-4-3-11-26-16/h3-8,11H,9-10,12H2,1-2H3,(H,21,25)(H,22,23,24). The van der Waals surface area contributed by atoms with Gasteiger partial charge in [0.1, 0.15) is 0 Å². The quantitative estimate of drug-likeness (QED) is 0.651. The molecule has 0 aliphatic heterocycles. The van der Waals surface area contributed by atoms with Crippen LogP contribution in [0.2, 0.25) is 0 Å². The first-order valence-corrected chi connectivity index (χ1v) is 9.46. The first kappa shape index (κ1) is 18.8. The van der Waals surface area contributed by atoms with E-state index in [9.17, 15) is 9.59 Å². The van der Waals surface area contributed by atoms with Gasteiger partial charge in [-0.1, -0.05) is 29.8 Å². The molecule has 0 aliphatic carbocycles. The smallest absolute Gasteiger partial charge is 0.286 e. The summed E-state index contributed by atoms with van der Waals surface area (Å²) in [4.78, 5) is 29.4. The zero-order valence-electron chi connectivity index (χ0n) is 15.2. The maximum atomic E-state index is 12.1. The predicted molar refractivity (Wildman–Crippen MR) is 105 cm³/mol. The zero-order chi connectivity index (χ0) is 19.2. The third kappa shape index (κ3) is 5.27. The Morgan fingerprint density at radius 3 is 2.63 bits per heavy atom. The molecule has 0 saturated carbocycles. The van der Waals surface area contributed by atoms with Crippen molar-refractivity contribution in [1.29, 1.82) is 0 Å². The summed E-state index contributed by atoms with van der Waals surface area (Å²) in [5.41, 5.74) is 3.36. The van der Waals surface area contributed by atoms with Crippen LogP contribution in [-0.4, -0.2) is 23.3 Å². The summed E-state index contributed by atoms with van der Waals surface area (Å²) in [7, 11) is 0. The molecule has 0 radical (unpaired) electrons. The summed E-state index contributed by atoms with van der Waals surface area (Å²) in [5.74, 6) is -0.296. The van der Waals surface area contributed by atoms with Crippen molar-refractivity contribution in [2.24, 2.45) is 0 Å². The van der Waals surface area contributed by atoms with Crippen molar-refractivity contribution in [3.63, 3.8) is 0 Å². The third-order valence-corrected chi connectivity index (χ3v) is 5.08. The van der Waals surface area contributed by atoms with E-state index in [-0.39, 0.29) is 30.5 Å². The highest BCUT2D eigenvalue weighted by atomic mass is 32.1. The van der Waals surface area contributed by atoms with Gasteiger partial charge in [0.05, 0.1) is 12.0 Å². The Labute approximate surface area is 161 Å². The minimum absolute atomic E-state index is 0.165. The predicted octanol–water partition coefficient (Wildman–Crippen LogP) is 3.70. The molecule has 2 aromatic heterocycles. The minimum atomic E-state index is -0.335. The number of rotatable bonds is 7. The van der Waals surface area contributed by atoms with E-state index in [1.54, 1.807) is 12.1 Å². The van der Waals surface area contributed by atoms with E-state index in [0.717, 1.165) is 17.0 Å². The largest absolute Gasteiger partial charge is 0.459 e. The molecule has 0 atom stereocenters. The SMILES string of the molecule is Cc1ccc(Cc2sc(NC(=O)CCNC(=O)c3ccco3)nc2C)cc1. The molecule has 3 rings (SSSR count). The Morgan fingerprint density at radius 1 is 1.15 bits per heavy atom. The molecule has 27 heavy (non-hydrogen) atoms. The highest BCUT2D eigenvalue weighted by Gasteiger charge is 2.12. The van der Waals surface area contributed by atoms with Gasteiger partial charge < -0.3 is 15.1 Å². The van der Waals surface area contributed by atoms with E-state index in [2.05, 4.69) is 46.8 Å². The average molecular weight is 383 g/mol. The maximum absolute atomic E-state index is 12.1. The molecule has 3 aromatic rings. The summed E-state index contributed by atoms with van der Waals surface area (Å²) in [6.07, 6.45) is 2.39. The molecule has 2 amide bonds. The van der Waals surface area contributed by atoms with Crippen LogP contribution in [0.4, 0.5) is 5.13 Å². The number of thiazole rings is 1. The molecule has 0 unspecified atom stereocenters. The number of nitrogens with one attached hydrogen (secondary N) is 2. The van der Waals surface area contributed by atoms with Crippen LogP contribution < -0.4 is 10.6 Å². The van der Waals surface area contributed by atoms with Gasteiger partial charge in [-0.15, -0.1) is 11.3 Å². The summed E-state index contributed by atoms with van der Waals surface area (Å²) in [5, 5.41) is 6.03. The highest BCUT2D eigenvalue weighted by Crippen LogP contribution is 2.25. The lowest BCUT2D eigenvalue weighted by Crippen LogP contribution is -2.27. The fourth-order valence-corrected chi connectivity index (χ4v) is 3.52. The molecular weight excluding hydrogens is 362 g/mol. The van der Waals surface area contributed by atoms with Crippen LogP contribution in [0.15, 0.2) is 47.1 Å². The molecule has 1 aromatic carbocycles. The molecule has 0 fully saturated rings. The molecular formula is C20H21N3O3S. The fourth-order valence-electron chi connectivity index (χ4n) is 2.50. The van der Waals surface area contributed by atoms with Crippen molar-refractivity contribution < 1.29 is 14.0 Å². The highest BCUT2D eigenvalue weighted by molar-refractivity contribution is 7.15. The van der Waals surface area contributed by atoms with Crippen LogP contribution in [0.1, 0.15) is 38.7 Å². The van der Waals surface area contributed by atoms with E-state index in [1.165, 1.54) is 28.7 Å². The molecule has 0 aliphatic rings. The van der Waals surface area contributed by atoms with Gasteiger partial charge in [-0.2, -0.15) is 0 Å². The molecule has 6 nitrogen and oxygen atoms in total. The Balaban J connectivity index is 1.49. The first-order valence-electron chi connectivity index (χ1n) is 8.64. The second kappa shape index (κ2) is 8.64. The second-order valence-corrected chi connectivity index (χ2v) is 7.30. The van der Waals surface area contributed by atoms with Gasteiger partial charge in [-0.3, -0.25) is 9.59 Å². The Bertz CT molecular complexity index is 915. The number of aromatic nitrogens is 1. The van der Waals surface area contributed by atoms with Crippen molar-refractivity contribution in [2.75, 3.05) is 11.9 Å². The zero-order valence-corrected chi connectivity index (χ0v) is 16.1. The monoisotopic (exact) mass is 383 g/mol. The lowest BCUT2D eigenvalue weighted by molar-refractivity contribution is -0.116. The number of benzene rings is 1. The number of nitrogens with zero attached hydrogens (tertiary/aromatic N) is 1. The summed E-state index contributed by atoms with van der Waals surface area (Å²) >= 11 is 1.48. The maximum Gasteiger partial charge on any atom is 0.286 e. The molecule has 140 valence electrons. The van der Waals surface area contributed by atoms with E-state index in [0.29, 0.717) is 5.13 Å². The van der Waals surface area contributed by atoms with Crippen molar-refractivity contribution in [2.45, 2.75) is 26.7 Å². The number of furan rings is 1. The lowest BCUT2D eigenvalue weighted by atomic mass is 10.1. The minimum Gasteiger partial charge on any atom is -0.459 e. The topological polar surface area (TPSA) is 84.2 Å². The van der Waals surface area contributed by atoms with Crippen molar-refractivity contribution in [1.82, 2.24) is 10.3 Å². The summed E-state index contributed by atoms with van der Waals surface area (Å²) in [6.45, 7) is 4.23. The van der Waals surface area contributed by atoms with Crippen LogP contribution in [0.5, 0.6) is 0 Å². The van der Waals surface area contributed by atoms with Gasteiger partial charge >= 0.3 is 0 Å². The lowest BCUT2D eigenvalue weighted by Gasteiger charge is -2.03. The second-order valence-electron chi connectivity index (χ2n) is 6.22. The van der Waals surface area contributed by atoms with Crippen LogP contribution in [-0.2, 0) is 11.2 Å². The number of aryl methyl sites for hydroxylation is 2. The normalized spacial score (nSPS) is 10.6. The van der Waals surface area contributed by atoms with Gasteiger partial charge in [0.15, 0.2) is 10.9 Å². The van der Waals surface area contributed by atoms with E-state index < -0.39 is 0 Å². The van der Waals surface area contributed by atoms with Crippen molar-refractivity contribution in [3.8, 4) is 0 Å². The Kier molecular flexibility index (Phi) is 6.03. The number of carbonyl (C=O) groups excluding carboxylic acids is 2. The molecule has 2 heterocycles. The van der Waals surface area contributed by atoms with Gasteiger partial charge in [-0.25, -0.2) is 4.98 Å². The van der Waals surface area contributed by atoms with Crippen LogP contribution in [0.3, 0.4) is 0 Å². The summed E-state index contributed by atoms with van der Waals surface area (Å²) < 4.78 is 5.00. The summed E-state index contributed by atoms with van der Waals surface area (Å²) in [6, 6.07) is 11.6. The van der Waals surface area contributed by atoms with Crippen LogP contribution in [0, 0.1) is 13.8 Å². The van der Waals surface area contributed by atoms with Crippen LogP contribution >= 0.6 is 11.3 Å². The first-order chi connectivity index (χ1) is 13.0. The Morgan fingerprint density at radius 2 is 1.93 bits per heavy atom. The van der Waals surface area contributed by atoms with Gasteiger partial charge in [0, 0.05) is 24.3 Å². The van der Waals surface area contributed by atoms with Gasteiger partial charge in [-0.05, 0) is 31.5 Å². The average Bonchev–Trinajstić information content (AvgIpc) is 3.27. The number of hydrogen-bond donors (Lipinski definition) is 2. The molecule has 0 saturated heterocycles. The van der Waals surface area contributed by atoms with E-state index in [1.807, 2.05) is 6.92 Å². The van der Waals surface area contributed by atoms with Gasteiger partial charge in [0.2, 0.25) is 5.91 Å². The molecule has 0 spiro atoms. The number of amides is 2. The third-order valence-electron chi connectivity index (χ3n) is 4.01. The Hall–Kier alpha value is -2.93. The molecule has 0 bridgehead atoms. The van der Waals surface area contributed by atoms with E-state index >= 15 is 0 Å². The van der Waals surface area contributed by atoms with Crippen molar-refractivity contribution in [3.05, 3.63) is 70.1 Å². The number of hydrogen-bond acceptors (Lipinski definition) is 5. The van der Waals surface area contributed by atoms with Crippen molar-refractivity contribution >= 4 is 28.3 Å². The number of carbonyl (C=O) groups is 2. The number of anilines is 1. The molecule has 7 heteroatoms. The van der Waals surface area contributed by atoms with Crippen LogP contribution in [0.25, 0.3) is 0 Å². The molecule has 2 N–H and O–H groups in total. The van der Waals surface area contributed by atoms with E-state index in [4.69, 9.17) is 4.42 Å². The van der Waals surface area contributed by atoms with Gasteiger partial charge in [0.25, 0.3) is 5.91 Å². The fraction of sp³-hybridized carbons (Fsp3) is 0.250.